The molecule has 0 atom stereocenters. The van der Waals surface area contributed by atoms with Crippen LogP contribution in [0.5, 0.6) is 0 Å². The average molecular weight is 309 g/mol. The molecule has 1 aromatic carbocycles. The van der Waals surface area contributed by atoms with Crippen LogP contribution in [0.3, 0.4) is 0 Å². The highest BCUT2D eigenvalue weighted by Crippen LogP contribution is 2.35. The van der Waals surface area contributed by atoms with Crippen molar-refractivity contribution >= 4 is 44.6 Å². The molecule has 1 aromatic heterocycles. The number of nitrogens with two attached hydrogens (primary N) is 1. The Kier molecular flexibility index (Phi) is 3.85. The number of hydrogen-bond donors (Lipinski definition) is 2. The lowest BCUT2D eigenvalue weighted by Crippen LogP contribution is -2.28. The van der Waals surface area contributed by atoms with Gasteiger partial charge in [0.15, 0.2) is 0 Å². The standard InChI is InChI=1S/C15H17ClN2OS/c16-10-5-6-11-12(7-10)20-14(13(11)17)15(19)18-8-9-3-1-2-4-9/h5-7,9H,1-4,8,17H2,(H,18,19). The highest BCUT2D eigenvalue weighted by atomic mass is 35.5. The van der Waals surface area contributed by atoms with E-state index in [-0.39, 0.29) is 5.91 Å². The number of amides is 1. The van der Waals surface area contributed by atoms with Gasteiger partial charge in [0.25, 0.3) is 5.91 Å². The first-order valence-electron chi connectivity index (χ1n) is 6.91. The molecule has 0 radical (unpaired) electrons. The third-order valence-corrected chi connectivity index (χ3v) is 5.32. The van der Waals surface area contributed by atoms with Gasteiger partial charge in [0.2, 0.25) is 0 Å². The second-order valence-corrected chi connectivity index (χ2v) is 6.83. The van der Waals surface area contributed by atoms with E-state index < -0.39 is 0 Å². The van der Waals surface area contributed by atoms with Gasteiger partial charge >= 0.3 is 0 Å². The Morgan fingerprint density at radius 3 is 2.90 bits per heavy atom. The van der Waals surface area contributed by atoms with E-state index in [4.69, 9.17) is 17.3 Å². The van der Waals surface area contributed by atoms with Crippen molar-refractivity contribution in [2.45, 2.75) is 25.7 Å². The van der Waals surface area contributed by atoms with Crippen LogP contribution in [0, 0.1) is 5.92 Å². The third kappa shape index (κ3) is 2.63. The van der Waals surface area contributed by atoms with Crippen molar-refractivity contribution in [2.75, 3.05) is 12.3 Å². The van der Waals surface area contributed by atoms with Crippen molar-refractivity contribution < 1.29 is 4.79 Å². The maximum atomic E-state index is 12.3. The number of hydrogen-bond acceptors (Lipinski definition) is 3. The first-order chi connectivity index (χ1) is 9.65. The number of nitrogens with one attached hydrogen (secondary N) is 1. The average Bonchev–Trinajstić information content (AvgIpc) is 3.04. The molecule has 1 amide bonds. The molecule has 0 unspecified atom stereocenters. The Bertz CT molecular complexity index is 647. The van der Waals surface area contributed by atoms with E-state index in [1.54, 1.807) is 6.07 Å². The van der Waals surface area contributed by atoms with Gasteiger partial charge in [0.05, 0.1) is 5.69 Å². The molecule has 5 heteroatoms. The summed E-state index contributed by atoms with van der Waals surface area (Å²) in [6.45, 7) is 0.757. The fourth-order valence-corrected chi connectivity index (χ4v) is 4.11. The van der Waals surface area contributed by atoms with Crippen LogP contribution in [0.25, 0.3) is 10.1 Å². The van der Waals surface area contributed by atoms with Crippen LogP contribution in [0.2, 0.25) is 5.02 Å². The van der Waals surface area contributed by atoms with Crippen molar-refractivity contribution in [1.82, 2.24) is 5.32 Å². The number of carbonyl (C=O) groups is 1. The summed E-state index contributed by atoms with van der Waals surface area (Å²) in [5.74, 6) is 0.565. The first-order valence-corrected chi connectivity index (χ1v) is 8.10. The van der Waals surface area contributed by atoms with Gasteiger partial charge in [-0.1, -0.05) is 24.4 Å². The van der Waals surface area contributed by atoms with Gasteiger partial charge in [0, 0.05) is 21.7 Å². The number of nitrogen functional groups attached to an aromatic ring is 1. The van der Waals surface area contributed by atoms with Crippen LogP contribution >= 0.6 is 22.9 Å². The Labute approximate surface area is 127 Å². The molecule has 1 heterocycles. The van der Waals surface area contributed by atoms with Crippen molar-refractivity contribution in [2.24, 2.45) is 5.92 Å². The number of halogens is 1. The molecule has 1 fully saturated rings. The fraction of sp³-hybridized carbons (Fsp3) is 0.400. The zero-order valence-corrected chi connectivity index (χ0v) is 12.7. The second kappa shape index (κ2) is 5.62. The Morgan fingerprint density at radius 2 is 2.15 bits per heavy atom. The molecular weight excluding hydrogens is 292 g/mol. The van der Waals surface area contributed by atoms with Crippen LogP contribution < -0.4 is 11.1 Å². The SMILES string of the molecule is Nc1c(C(=O)NCC2CCCC2)sc2cc(Cl)ccc12. The predicted octanol–water partition coefficient (Wildman–Crippen LogP) is 4.06. The lowest BCUT2D eigenvalue weighted by atomic mass is 10.1. The summed E-state index contributed by atoms with van der Waals surface area (Å²) >= 11 is 7.38. The molecule has 20 heavy (non-hydrogen) atoms. The molecule has 0 bridgehead atoms. The molecule has 1 aliphatic rings. The minimum Gasteiger partial charge on any atom is -0.397 e. The number of fused-ring (bicyclic) bond motifs is 1. The van der Waals surface area contributed by atoms with E-state index in [0.29, 0.717) is 21.5 Å². The van der Waals surface area contributed by atoms with Gasteiger partial charge in [-0.15, -0.1) is 11.3 Å². The summed E-state index contributed by atoms with van der Waals surface area (Å²) in [7, 11) is 0. The van der Waals surface area contributed by atoms with Gasteiger partial charge < -0.3 is 11.1 Å². The molecule has 3 rings (SSSR count). The number of thiophene rings is 1. The number of rotatable bonds is 3. The fourth-order valence-electron chi connectivity index (χ4n) is 2.79. The Morgan fingerprint density at radius 1 is 1.40 bits per heavy atom. The van der Waals surface area contributed by atoms with Crippen LogP contribution in [0.1, 0.15) is 35.4 Å². The topological polar surface area (TPSA) is 55.1 Å². The summed E-state index contributed by atoms with van der Waals surface area (Å²) in [6, 6.07) is 5.52. The Balaban J connectivity index is 1.78. The van der Waals surface area contributed by atoms with E-state index in [0.717, 1.165) is 16.6 Å². The summed E-state index contributed by atoms with van der Waals surface area (Å²) in [4.78, 5) is 12.9. The van der Waals surface area contributed by atoms with Gasteiger partial charge in [0.1, 0.15) is 4.88 Å². The minimum absolute atomic E-state index is 0.0632. The molecule has 3 N–H and O–H groups in total. The van der Waals surface area contributed by atoms with Gasteiger partial charge in [-0.3, -0.25) is 4.79 Å². The summed E-state index contributed by atoms with van der Waals surface area (Å²) in [6.07, 6.45) is 5.00. The highest BCUT2D eigenvalue weighted by Gasteiger charge is 2.19. The molecule has 1 aliphatic carbocycles. The quantitative estimate of drug-likeness (QED) is 0.898. The third-order valence-electron chi connectivity index (χ3n) is 3.92. The lowest BCUT2D eigenvalue weighted by molar-refractivity contribution is 0.0952. The number of carbonyl (C=O) groups excluding carboxylic acids is 1. The zero-order valence-electron chi connectivity index (χ0n) is 11.1. The van der Waals surface area contributed by atoms with Crippen LogP contribution in [-0.4, -0.2) is 12.5 Å². The van der Waals surface area contributed by atoms with E-state index in [1.807, 2.05) is 12.1 Å². The smallest absolute Gasteiger partial charge is 0.263 e. The lowest BCUT2D eigenvalue weighted by Gasteiger charge is -2.09. The highest BCUT2D eigenvalue weighted by molar-refractivity contribution is 7.21. The monoisotopic (exact) mass is 308 g/mol. The maximum absolute atomic E-state index is 12.3. The van der Waals surface area contributed by atoms with Crippen molar-refractivity contribution in [3.63, 3.8) is 0 Å². The van der Waals surface area contributed by atoms with E-state index in [2.05, 4.69) is 5.32 Å². The summed E-state index contributed by atoms with van der Waals surface area (Å²) in [5, 5.41) is 4.59. The van der Waals surface area contributed by atoms with E-state index >= 15 is 0 Å². The van der Waals surface area contributed by atoms with Crippen LogP contribution in [-0.2, 0) is 0 Å². The molecule has 3 nitrogen and oxygen atoms in total. The largest absolute Gasteiger partial charge is 0.397 e. The van der Waals surface area contributed by atoms with Gasteiger partial charge in [-0.05, 0) is 37.0 Å². The molecule has 1 saturated carbocycles. The predicted molar refractivity (Wildman–Crippen MR) is 85.5 cm³/mol. The maximum Gasteiger partial charge on any atom is 0.263 e. The number of benzene rings is 1. The van der Waals surface area contributed by atoms with Gasteiger partial charge in [-0.2, -0.15) is 0 Å². The molecule has 0 aliphatic heterocycles. The van der Waals surface area contributed by atoms with Crippen LogP contribution in [0.15, 0.2) is 18.2 Å². The van der Waals surface area contributed by atoms with Crippen molar-refractivity contribution in [3.8, 4) is 0 Å². The normalized spacial score (nSPS) is 15.8. The van der Waals surface area contributed by atoms with Crippen molar-refractivity contribution in [1.29, 1.82) is 0 Å². The Hall–Kier alpha value is -1.26. The summed E-state index contributed by atoms with van der Waals surface area (Å²) < 4.78 is 0.959. The zero-order chi connectivity index (χ0) is 14.1. The van der Waals surface area contributed by atoms with Crippen molar-refractivity contribution in [3.05, 3.63) is 28.1 Å². The molecule has 106 valence electrons. The molecule has 0 saturated heterocycles. The first kappa shape index (κ1) is 13.7. The minimum atomic E-state index is -0.0632. The van der Waals surface area contributed by atoms with Gasteiger partial charge in [-0.25, -0.2) is 0 Å². The molecule has 2 aromatic rings. The molecular formula is C15H17ClN2OS. The molecule has 0 spiro atoms. The summed E-state index contributed by atoms with van der Waals surface area (Å²) in [5.41, 5.74) is 6.64. The second-order valence-electron chi connectivity index (χ2n) is 5.35. The van der Waals surface area contributed by atoms with E-state index in [1.165, 1.54) is 37.0 Å². The van der Waals surface area contributed by atoms with E-state index in [9.17, 15) is 4.79 Å². The van der Waals surface area contributed by atoms with Crippen LogP contribution in [0.4, 0.5) is 5.69 Å². The number of anilines is 1.